The van der Waals surface area contributed by atoms with Crippen molar-refractivity contribution >= 4 is 17.5 Å². The van der Waals surface area contributed by atoms with Crippen molar-refractivity contribution in [3.05, 3.63) is 65.5 Å². The van der Waals surface area contributed by atoms with Crippen LogP contribution in [0.25, 0.3) is 0 Å². The molecule has 170 valence electrons. The van der Waals surface area contributed by atoms with Crippen LogP contribution in [0.3, 0.4) is 0 Å². The lowest BCUT2D eigenvalue weighted by atomic mass is 9.94. The maximum atomic E-state index is 14.1. The van der Waals surface area contributed by atoms with Gasteiger partial charge in [-0.3, -0.25) is 14.5 Å². The number of carbonyl (C=O) groups excluding carboxylic acids is 2. The molecule has 8 heteroatoms. The number of piperazine rings is 1. The largest absolute Gasteiger partial charge is 0.336 e. The number of amides is 2. The Morgan fingerprint density at radius 3 is 2.25 bits per heavy atom. The van der Waals surface area contributed by atoms with Crippen LogP contribution in [0.2, 0.25) is 0 Å². The molecule has 0 aromatic heterocycles. The van der Waals surface area contributed by atoms with Crippen molar-refractivity contribution in [1.82, 2.24) is 9.80 Å². The van der Waals surface area contributed by atoms with E-state index in [0.717, 1.165) is 37.8 Å². The van der Waals surface area contributed by atoms with Gasteiger partial charge >= 0.3 is 0 Å². The first kappa shape index (κ1) is 22.3. The lowest BCUT2D eigenvalue weighted by Gasteiger charge is -2.40. The third-order valence-corrected chi connectivity index (χ3v) is 6.40. The Balaban J connectivity index is 1.45. The van der Waals surface area contributed by atoms with Gasteiger partial charge in [0.2, 0.25) is 5.91 Å². The number of nitrogens with zero attached hydrogens (tertiary/aromatic N) is 2. The van der Waals surface area contributed by atoms with E-state index in [1.165, 1.54) is 18.2 Å². The number of benzene rings is 2. The summed E-state index contributed by atoms with van der Waals surface area (Å²) >= 11 is 0. The van der Waals surface area contributed by atoms with Gasteiger partial charge in [0.25, 0.3) is 5.91 Å². The Labute approximate surface area is 185 Å². The molecule has 1 aliphatic carbocycles. The van der Waals surface area contributed by atoms with E-state index in [0.29, 0.717) is 26.2 Å². The number of anilines is 1. The second-order valence-corrected chi connectivity index (χ2v) is 8.41. The van der Waals surface area contributed by atoms with Gasteiger partial charge in [-0.15, -0.1) is 0 Å². The molecular formula is C24H26F3N3O2. The molecule has 4 rings (SSSR count). The molecule has 0 unspecified atom stereocenters. The molecule has 1 aliphatic heterocycles. The van der Waals surface area contributed by atoms with E-state index in [4.69, 9.17) is 0 Å². The van der Waals surface area contributed by atoms with Crippen LogP contribution in [-0.4, -0.2) is 53.8 Å². The van der Waals surface area contributed by atoms with Gasteiger partial charge in [0.1, 0.15) is 17.5 Å². The summed E-state index contributed by atoms with van der Waals surface area (Å²) in [6.07, 6.45) is 3.87. The molecule has 2 amide bonds. The average molecular weight is 445 g/mol. The standard InChI is InChI=1S/C24H26F3N3O2/c25-17-9-10-21(20(27)15-17)28-23(31)22(16-5-1-2-6-16)29-11-13-30(14-12-29)24(32)18-7-3-4-8-19(18)26/h3-4,7-10,15-16,22H,1-2,5-6,11-14H2,(H,28,31)/t22-/m0/s1. The number of carbonyl (C=O) groups is 2. The summed E-state index contributed by atoms with van der Waals surface area (Å²) in [5.41, 5.74) is -0.00872. The molecule has 0 radical (unpaired) electrons. The molecule has 2 aromatic rings. The molecule has 0 bridgehead atoms. The van der Waals surface area contributed by atoms with Crippen molar-refractivity contribution in [3.8, 4) is 0 Å². The lowest BCUT2D eigenvalue weighted by Crippen LogP contribution is -2.57. The molecule has 1 N–H and O–H groups in total. The fraction of sp³-hybridized carbons (Fsp3) is 0.417. The maximum absolute atomic E-state index is 14.1. The van der Waals surface area contributed by atoms with Gasteiger partial charge in [-0.05, 0) is 43.0 Å². The van der Waals surface area contributed by atoms with Crippen LogP contribution < -0.4 is 5.32 Å². The second-order valence-electron chi connectivity index (χ2n) is 8.41. The predicted molar refractivity (Wildman–Crippen MR) is 115 cm³/mol. The van der Waals surface area contributed by atoms with E-state index < -0.39 is 23.5 Å². The smallest absolute Gasteiger partial charge is 0.256 e. The molecule has 1 atom stereocenters. The number of hydrogen-bond acceptors (Lipinski definition) is 3. The topological polar surface area (TPSA) is 52.7 Å². The fourth-order valence-corrected chi connectivity index (χ4v) is 4.76. The van der Waals surface area contributed by atoms with Gasteiger partial charge in [0.05, 0.1) is 17.3 Å². The Morgan fingerprint density at radius 1 is 0.906 bits per heavy atom. The third-order valence-electron chi connectivity index (χ3n) is 6.40. The highest BCUT2D eigenvalue weighted by atomic mass is 19.1. The number of nitrogens with one attached hydrogen (secondary N) is 1. The first-order chi connectivity index (χ1) is 15.4. The maximum Gasteiger partial charge on any atom is 0.256 e. The molecule has 2 fully saturated rings. The summed E-state index contributed by atoms with van der Waals surface area (Å²) in [5, 5.41) is 2.63. The van der Waals surface area contributed by atoms with Gasteiger partial charge < -0.3 is 10.2 Å². The molecule has 1 saturated carbocycles. The van der Waals surface area contributed by atoms with E-state index in [1.54, 1.807) is 17.0 Å². The molecule has 0 spiro atoms. The zero-order valence-electron chi connectivity index (χ0n) is 17.7. The summed E-state index contributed by atoms with van der Waals surface area (Å²) in [6, 6.07) is 8.51. The van der Waals surface area contributed by atoms with Gasteiger partial charge in [-0.2, -0.15) is 0 Å². The lowest BCUT2D eigenvalue weighted by molar-refractivity contribution is -0.124. The fourth-order valence-electron chi connectivity index (χ4n) is 4.76. The number of hydrogen-bond donors (Lipinski definition) is 1. The van der Waals surface area contributed by atoms with Crippen LogP contribution in [0.15, 0.2) is 42.5 Å². The molecule has 2 aliphatic rings. The van der Waals surface area contributed by atoms with E-state index in [1.807, 2.05) is 4.90 Å². The van der Waals surface area contributed by atoms with Crippen molar-refractivity contribution in [2.75, 3.05) is 31.5 Å². The number of rotatable bonds is 5. The van der Waals surface area contributed by atoms with Crippen LogP contribution in [0.1, 0.15) is 36.0 Å². The third kappa shape index (κ3) is 4.80. The van der Waals surface area contributed by atoms with Crippen molar-refractivity contribution in [2.45, 2.75) is 31.7 Å². The molecular weight excluding hydrogens is 419 g/mol. The van der Waals surface area contributed by atoms with Crippen LogP contribution >= 0.6 is 0 Å². The van der Waals surface area contributed by atoms with Crippen LogP contribution in [0.4, 0.5) is 18.9 Å². The highest BCUT2D eigenvalue weighted by Crippen LogP contribution is 2.32. The van der Waals surface area contributed by atoms with Gasteiger partial charge in [0, 0.05) is 32.2 Å². The minimum Gasteiger partial charge on any atom is -0.336 e. The average Bonchev–Trinajstić information content (AvgIpc) is 3.30. The molecule has 1 saturated heterocycles. The molecule has 1 heterocycles. The van der Waals surface area contributed by atoms with Gasteiger partial charge in [0.15, 0.2) is 0 Å². The molecule has 32 heavy (non-hydrogen) atoms. The monoisotopic (exact) mass is 445 g/mol. The van der Waals surface area contributed by atoms with Gasteiger partial charge in [-0.25, -0.2) is 13.2 Å². The summed E-state index contributed by atoms with van der Waals surface area (Å²) < 4.78 is 41.3. The Kier molecular flexibility index (Phi) is 6.79. The highest BCUT2D eigenvalue weighted by molar-refractivity contribution is 5.96. The minimum atomic E-state index is -0.816. The van der Waals surface area contributed by atoms with Crippen molar-refractivity contribution in [3.63, 3.8) is 0 Å². The molecule has 2 aromatic carbocycles. The Morgan fingerprint density at radius 2 is 1.59 bits per heavy atom. The van der Waals surface area contributed by atoms with Gasteiger partial charge in [-0.1, -0.05) is 25.0 Å². The SMILES string of the molecule is O=C(Nc1ccc(F)cc1F)[C@H](C1CCCC1)N1CCN(C(=O)c2ccccc2F)CC1. The Bertz CT molecular complexity index is 986. The van der Waals surface area contributed by atoms with Crippen LogP contribution in [0, 0.1) is 23.4 Å². The number of halogens is 3. The molecule has 5 nitrogen and oxygen atoms in total. The summed E-state index contributed by atoms with van der Waals surface area (Å²) in [4.78, 5) is 29.5. The Hall–Kier alpha value is -2.87. The zero-order chi connectivity index (χ0) is 22.7. The predicted octanol–water partition coefficient (Wildman–Crippen LogP) is 4.06. The van der Waals surface area contributed by atoms with Crippen LogP contribution in [0.5, 0.6) is 0 Å². The second kappa shape index (κ2) is 9.73. The van der Waals surface area contributed by atoms with E-state index in [9.17, 15) is 22.8 Å². The van der Waals surface area contributed by atoms with Crippen molar-refractivity contribution in [1.29, 1.82) is 0 Å². The summed E-state index contributed by atoms with van der Waals surface area (Å²) in [5.74, 6) is -2.63. The summed E-state index contributed by atoms with van der Waals surface area (Å²) in [7, 11) is 0. The van der Waals surface area contributed by atoms with E-state index in [-0.39, 0.29) is 29.0 Å². The first-order valence-corrected chi connectivity index (χ1v) is 11.0. The normalized spacial score (nSPS) is 18.5. The minimum absolute atomic E-state index is 0.0396. The highest BCUT2D eigenvalue weighted by Gasteiger charge is 2.37. The first-order valence-electron chi connectivity index (χ1n) is 11.0. The summed E-state index contributed by atoms with van der Waals surface area (Å²) in [6.45, 7) is 1.66. The van der Waals surface area contributed by atoms with Crippen molar-refractivity contribution in [2.24, 2.45) is 5.92 Å². The van der Waals surface area contributed by atoms with E-state index >= 15 is 0 Å². The van der Waals surface area contributed by atoms with Crippen molar-refractivity contribution < 1.29 is 22.8 Å². The van der Waals surface area contributed by atoms with E-state index in [2.05, 4.69) is 5.32 Å². The quantitative estimate of drug-likeness (QED) is 0.755. The van der Waals surface area contributed by atoms with Crippen LogP contribution in [-0.2, 0) is 4.79 Å². The zero-order valence-corrected chi connectivity index (χ0v) is 17.7.